The zero-order valence-corrected chi connectivity index (χ0v) is 14.6. The molecule has 136 valence electrons. The lowest BCUT2D eigenvalue weighted by Gasteiger charge is -2.18. The largest absolute Gasteiger partial charge is 0.496 e. The van der Waals surface area contributed by atoms with Crippen molar-refractivity contribution in [2.75, 3.05) is 20.2 Å². The fourth-order valence-corrected chi connectivity index (χ4v) is 3.26. The van der Waals surface area contributed by atoms with Crippen LogP contribution in [0.1, 0.15) is 33.8 Å². The fourth-order valence-electron chi connectivity index (χ4n) is 3.26. The van der Waals surface area contributed by atoms with Gasteiger partial charge in [0, 0.05) is 25.6 Å². The number of hydrogen-bond donors (Lipinski definition) is 2. The maximum absolute atomic E-state index is 12.4. The summed E-state index contributed by atoms with van der Waals surface area (Å²) in [5.74, 6) is 0.171. The van der Waals surface area contributed by atoms with Gasteiger partial charge in [-0.1, -0.05) is 30.3 Å². The summed E-state index contributed by atoms with van der Waals surface area (Å²) in [7, 11) is 1.66. The molecular weight excluding hydrogens is 332 g/mol. The molecule has 2 aromatic carbocycles. The van der Waals surface area contributed by atoms with E-state index < -0.39 is 5.97 Å². The lowest BCUT2D eigenvalue weighted by atomic mass is 9.97. The van der Waals surface area contributed by atoms with E-state index in [0.717, 1.165) is 23.3 Å². The molecule has 1 atom stereocenters. The number of amides is 2. The number of likely N-dealkylation sites (tertiary alicyclic amines) is 1. The second-order valence-electron chi connectivity index (χ2n) is 6.33. The Morgan fingerprint density at radius 3 is 2.62 bits per heavy atom. The van der Waals surface area contributed by atoms with E-state index in [0.29, 0.717) is 19.6 Å². The Labute approximate surface area is 152 Å². The molecule has 1 fully saturated rings. The van der Waals surface area contributed by atoms with Crippen molar-refractivity contribution in [3.8, 4) is 5.75 Å². The smallest absolute Gasteiger partial charge is 0.335 e. The molecule has 0 aliphatic carbocycles. The van der Waals surface area contributed by atoms with E-state index in [1.54, 1.807) is 19.2 Å². The number of carboxylic acids is 1. The molecule has 0 aromatic heterocycles. The van der Waals surface area contributed by atoms with Crippen LogP contribution in [0, 0.1) is 0 Å². The van der Waals surface area contributed by atoms with Crippen LogP contribution in [0.5, 0.6) is 5.75 Å². The van der Waals surface area contributed by atoms with E-state index in [9.17, 15) is 9.59 Å². The van der Waals surface area contributed by atoms with Gasteiger partial charge in [-0.2, -0.15) is 0 Å². The van der Waals surface area contributed by atoms with Gasteiger partial charge in [0.1, 0.15) is 5.75 Å². The summed E-state index contributed by atoms with van der Waals surface area (Å²) >= 11 is 0. The zero-order valence-electron chi connectivity index (χ0n) is 14.6. The number of ether oxygens (including phenoxy) is 1. The molecule has 0 spiro atoms. The summed E-state index contributed by atoms with van der Waals surface area (Å²) in [6.07, 6.45) is 0.904. The van der Waals surface area contributed by atoms with Gasteiger partial charge in [-0.25, -0.2) is 9.59 Å². The highest BCUT2D eigenvalue weighted by Crippen LogP contribution is 2.33. The number of carbonyl (C=O) groups is 2. The van der Waals surface area contributed by atoms with Gasteiger partial charge < -0.3 is 20.1 Å². The number of hydrogen-bond acceptors (Lipinski definition) is 3. The first-order valence-corrected chi connectivity index (χ1v) is 8.56. The number of carbonyl (C=O) groups excluding carboxylic acids is 1. The number of aromatic carboxylic acids is 1. The van der Waals surface area contributed by atoms with Crippen LogP contribution < -0.4 is 10.1 Å². The first kappa shape index (κ1) is 17.8. The molecule has 2 aromatic rings. The Bertz CT molecular complexity index is 789. The third-order valence-electron chi connectivity index (χ3n) is 4.70. The molecule has 1 aliphatic rings. The number of benzene rings is 2. The number of rotatable bonds is 5. The summed E-state index contributed by atoms with van der Waals surface area (Å²) in [6.45, 7) is 1.73. The second kappa shape index (κ2) is 7.91. The molecule has 0 radical (unpaired) electrons. The van der Waals surface area contributed by atoms with Crippen molar-refractivity contribution >= 4 is 12.0 Å². The van der Waals surface area contributed by atoms with Gasteiger partial charge in [0.15, 0.2) is 0 Å². The second-order valence-corrected chi connectivity index (χ2v) is 6.33. The topological polar surface area (TPSA) is 78.9 Å². The number of para-hydroxylation sites is 1. The molecule has 1 aliphatic heterocycles. The standard InChI is InChI=1S/C20H22N2O4/c1-26-18-5-3-2-4-17(18)16-10-11-22(13-16)20(25)21-12-14-6-8-15(9-7-14)19(23)24/h2-9,16H,10-13H2,1H3,(H,21,25)(H,23,24). The Morgan fingerprint density at radius 1 is 1.19 bits per heavy atom. The molecule has 2 N–H and O–H groups in total. The summed E-state index contributed by atoms with van der Waals surface area (Å²) < 4.78 is 5.42. The third-order valence-corrected chi connectivity index (χ3v) is 4.70. The van der Waals surface area contributed by atoms with Gasteiger partial charge in [0.2, 0.25) is 0 Å². The Balaban J connectivity index is 1.55. The average molecular weight is 354 g/mol. The normalized spacial score (nSPS) is 16.3. The minimum absolute atomic E-state index is 0.107. The predicted octanol–water partition coefficient (Wildman–Crippen LogP) is 3.09. The van der Waals surface area contributed by atoms with E-state index in [2.05, 4.69) is 11.4 Å². The van der Waals surface area contributed by atoms with Crippen LogP contribution in [0.15, 0.2) is 48.5 Å². The predicted molar refractivity (Wildman–Crippen MR) is 97.6 cm³/mol. The molecule has 0 bridgehead atoms. The van der Waals surface area contributed by atoms with Crippen molar-refractivity contribution in [2.45, 2.75) is 18.9 Å². The molecule has 6 heteroatoms. The molecule has 3 rings (SSSR count). The monoisotopic (exact) mass is 354 g/mol. The highest BCUT2D eigenvalue weighted by molar-refractivity contribution is 5.87. The van der Waals surface area contributed by atoms with Crippen LogP contribution in [0.2, 0.25) is 0 Å². The highest BCUT2D eigenvalue weighted by Gasteiger charge is 2.28. The SMILES string of the molecule is COc1ccccc1C1CCN(C(=O)NCc2ccc(C(=O)O)cc2)C1. The van der Waals surface area contributed by atoms with E-state index >= 15 is 0 Å². The number of methoxy groups -OCH3 is 1. The Kier molecular flexibility index (Phi) is 5.41. The van der Waals surface area contributed by atoms with Crippen LogP contribution in [0.25, 0.3) is 0 Å². The number of nitrogens with zero attached hydrogens (tertiary/aromatic N) is 1. The molecule has 6 nitrogen and oxygen atoms in total. The Hall–Kier alpha value is -3.02. The van der Waals surface area contributed by atoms with E-state index in [1.165, 1.54) is 12.1 Å². The van der Waals surface area contributed by atoms with E-state index in [4.69, 9.17) is 9.84 Å². The van der Waals surface area contributed by atoms with Crippen molar-refractivity contribution < 1.29 is 19.4 Å². The average Bonchev–Trinajstić information content (AvgIpc) is 3.16. The molecule has 1 saturated heterocycles. The maximum Gasteiger partial charge on any atom is 0.335 e. The first-order valence-electron chi connectivity index (χ1n) is 8.56. The Morgan fingerprint density at radius 2 is 1.92 bits per heavy atom. The van der Waals surface area contributed by atoms with Gasteiger partial charge in [-0.15, -0.1) is 0 Å². The van der Waals surface area contributed by atoms with Gasteiger partial charge in [-0.05, 0) is 35.7 Å². The van der Waals surface area contributed by atoms with Gasteiger partial charge in [-0.3, -0.25) is 0 Å². The van der Waals surface area contributed by atoms with Crippen molar-refractivity contribution in [3.63, 3.8) is 0 Å². The van der Waals surface area contributed by atoms with Gasteiger partial charge in [0.05, 0.1) is 12.7 Å². The molecule has 1 heterocycles. The lowest BCUT2D eigenvalue weighted by molar-refractivity contribution is 0.0697. The van der Waals surface area contributed by atoms with Crippen molar-refractivity contribution in [1.29, 1.82) is 0 Å². The molecule has 26 heavy (non-hydrogen) atoms. The fraction of sp³-hybridized carbons (Fsp3) is 0.300. The summed E-state index contributed by atoms with van der Waals surface area (Å²) in [6, 6.07) is 14.3. The first-order chi connectivity index (χ1) is 12.6. The molecule has 1 unspecified atom stereocenters. The quantitative estimate of drug-likeness (QED) is 0.865. The number of carboxylic acid groups (broad SMARTS) is 1. The van der Waals surface area contributed by atoms with Crippen LogP contribution in [-0.4, -0.2) is 42.2 Å². The number of nitrogens with one attached hydrogen (secondary N) is 1. The van der Waals surface area contributed by atoms with Crippen molar-refractivity contribution in [3.05, 3.63) is 65.2 Å². The van der Waals surface area contributed by atoms with Crippen LogP contribution in [0.4, 0.5) is 4.79 Å². The van der Waals surface area contributed by atoms with Crippen LogP contribution in [-0.2, 0) is 6.54 Å². The lowest BCUT2D eigenvalue weighted by Crippen LogP contribution is -2.37. The van der Waals surface area contributed by atoms with E-state index in [1.807, 2.05) is 23.1 Å². The summed E-state index contributed by atoms with van der Waals surface area (Å²) in [5.41, 5.74) is 2.23. The molecule has 2 amide bonds. The number of urea groups is 1. The third kappa shape index (κ3) is 3.96. The van der Waals surface area contributed by atoms with Crippen molar-refractivity contribution in [2.24, 2.45) is 0 Å². The summed E-state index contributed by atoms with van der Waals surface area (Å²) in [4.78, 5) is 25.1. The maximum atomic E-state index is 12.4. The van der Waals surface area contributed by atoms with Crippen molar-refractivity contribution in [1.82, 2.24) is 10.2 Å². The minimum Gasteiger partial charge on any atom is -0.496 e. The van der Waals surface area contributed by atoms with Gasteiger partial charge in [0.25, 0.3) is 0 Å². The van der Waals surface area contributed by atoms with Gasteiger partial charge >= 0.3 is 12.0 Å². The van der Waals surface area contributed by atoms with E-state index in [-0.39, 0.29) is 17.5 Å². The molecular formula is C20H22N2O4. The highest BCUT2D eigenvalue weighted by atomic mass is 16.5. The van der Waals surface area contributed by atoms with Crippen LogP contribution in [0.3, 0.4) is 0 Å². The van der Waals surface area contributed by atoms with Crippen LogP contribution >= 0.6 is 0 Å². The minimum atomic E-state index is -0.958. The molecule has 0 saturated carbocycles. The summed E-state index contributed by atoms with van der Waals surface area (Å²) in [5, 5.41) is 11.8. The zero-order chi connectivity index (χ0) is 18.5.